The Morgan fingerprint density at radius 3 is 2.94 bits per heavy atom. The molecule has 0 unspecified atom stereocenters. The molecule has 0 radical (unpaired) electrons. The van der Waals surface area contributed by atoms with Crippen molar-refractivity contribution in [3.8, 4) is 0 Å². The molecule has 3 nitrogen and oxygen atoms in total. The third-order valence-corrected chi connectivity index (χ3v) is 3.56. The number of fused-ring (bicyclic) bond motifs is 1. The van der Waals surface area contributed by atoms with E-state index in [-0.39, 0.29) is 0 Å². The second-order valence-corrected chi connectivity index (χ2v) is 5.24. The van der Waals surface area contributed by atoms with Gasteiger partial charge in [0.15, 0.2) is 0 Å². The first-order chi connectivity index (χ1) is 7.81. The summed E-state index contributed by atoms with van der Waals surface area (Å²) >= 11 is 3.47. The number of imidazole rings is 1. The van der Waals surface area contributed by atoms with Crippen LogP contribution >= 0.6 is 15.9 Å². The second-order valence-electron chi connectivity index (χ2n) is 4.33. The molecule has 1 aromatic heterocycles. The van der Waals surface area contributed by atoms with Crippen LogP contribution in [0.2, 0.25) is 0 Å². The lowest BCUT2D eigenvalue weighted by Gasteiger charge is -2.11. The highest BCUT2D eigenvalue weighted by atomic mass is 79.9. The number of benzene rings is 1. The standard InChI is InChI=1S/C12H14BrN3/c13-9-3-4-10-11(7-9)15-12(14-10)8-16-5-1-2-6-16/h3-4,7H,1-2,5-6,8H2,(H,14,15). The first-order valence-corrected chi connectivity index (χ1v) is 6.47. The van der Waals surface area contributed by atoms with Gasteiger partial charge in [0.1, 0.15) is 5.82 Å². The Labute approximate surface area is 103 Å². The number of hydrogen-bond acceptors (Lipinski definition) is 2. The summed E-state index contributed by atoms with van der Waals surface area (Å²) in [4.78, 5) is 10.4. The van der Waals surface area contributed by atoms with Crippen molar-refractivity contribution in [1.82, 2.24) is 14.9 Å². The van der Waals surface area contributed by atoms with Crippen molar-refractivity contribution in [3.05, 3.63) is 28.5 Å². The van der Waals surface area contributed by atoms with Crippen LogP contribution in [0.1, 0.15) is 18.7 Å². The maximum atomic E-state index is 4.60. The molecule has 0 aliphatic carbocycles. The van der Waals surface area contributed by atoms with E-state index in [4.69, 9.17) is 0 Å². The van der Waals surface area contributed by atoms with Gasteiger partial charge in [-0.1, -0.05) is 15.9 Å². The molecule has 16 heavy (non-hydrogen) atoms. The number of likely N-dealkylation sites (tertiary alicyclic amines) is 1. The molecule has 1 aliphatic heterocycles. The molecule has 4 heteroatoms. The van der Waals surface area contributed by atoms with Crippen molar-refractivity contribution in [1.29, 1.82) is 0 Å². The summed E-state index contributed by atoms with van der Waals surface area (Å²) in [6.45, 7) is 3.37. The van der Waals surface area contributed by atoms with Gasteiger partial charge in [0.2, 0.25) is 0 Å². The van der Waals surface area contributed by atoms with Gasteiger partial charge in [-0.05, 0) is 44.1 Å². The van der Waals surface area contributed by atoms with Crippen LogP contribution < -0.4 is 0 Å². The lowest BCUT2D eigenvalue weighted by molar-refractivity contribution is 0.324. The number of aromatic amines is 1. The lowest BCUT2D eigenvalue weighted by Crippen LogP contribution is -2.19. The Balaban J connectivity index is 1.86. The van der Waals surface area contributed by atoms with Gasteiger partial charge in [-0.2, -0.15) is 0 Å². The topological polar surface area (TPSA) is 31.9 Å². The van der Waals surface area contributed by atoms with Gasteiger partial charge in [0, 0.05) is 4.47 Å². The molecule has 0 atom stereocenters. The van der Waals surface area contributed by atoms with E-state index in [2.05, 4.69) is 36.9 Å². The van der Waals surface area contributed by atoms with Gasteiger partial charge in [-0.3, -0.25) is 4.90 Å². The molecule has 1 fully saturated rings. The summed E-state index contributed by atoms with van der Waals surface area (Å²) in [5.74, 6) is 1.08. The number of H-pyrrole nitrogens is 1. The van der Waals surface area contributed by atoms with Gasteiger partial charge in [0.05, 0.1) is 17.6 Å². The zero-order chi connectivity index (χ0) is 11.0. The van der Waals surface area contributed by atoms with Crippen molar-refractivity contribution in [2.75, 3.05) is 13.1 Å². The highest BCUT2D eigenvalue weighted by Crippen LogP contribution is 2.19. The molecule has 0 amide bonds. The highest BCUT2D eigenvalue weighted by molar-refractivity contribution is 9.10. The van der Waals surface area contributed by atoms with Gasteiger partial charge in [-0.15, -0.1) is 0 Å². The van der Waals surface area contributed by atoms with E-state index in [1.54, 1.807) is 0 Å². The number of aromatic nitrogens is 2. The normalized spacial score (nSPS) is 17.3. The van der Waals surface area contributed by atoms with Crippen LogP contribution in [0.3, 0.4) is 0 Å². The maximum Gasteiger partial charge on any atom is 0.121 e. The molecule has 1 N–H and O–H groups in total. The first kappa shape index (κ1) is 10.3. The minimum absolute atomic E-state index is 0.951. The number of nitrogens with one attached hydrogen (secondary N) is 1. The number of rotatable bonds is 2. The van der Waals surface area contributed by atoms with Crippen LogP contribution in [0, 0.1) is 0 Å². The molecule has 1 aliphatic rings. The Hall–Kier alpha value is -0.870. The van der Waals surface area contributed by atoms with Crippen LogP contribution in [0.15, 0.2) is 22.7 Å². The van der Waals surface area contributed by atoms with Crippen LogP contribution in [-0.4, -0.2) is 28.0 Å². The van der Waals surface area contributed by atoms with Crippen molar-refractivity contribution in [2.24, 2.45) is 0 Å². The minimum atomic E-state index is 0.951. The van der Waals surface area contributed by atoms with Gasteiger partial charge >= 0.3 is 0 Å². The van der Waals surface area contributed by atoms with Crippen LogP contribution in [0.25, 0.3) is 11.0 Å². The Bertz CT molecular complexity index is 500. The largest absolute Gasteiger partial charge is 0.341 e. The zero-order valence-corrected chi connectivity index (χ0v) is 10.6. The first-order valence-electron chi connectivity index (χ1n) is 5.68. The van der Waals surface area contributed by atoms with Gasteiger partial charge < -0.3 is 4.98 Å². The smallest absolute Gasteiger partial charge is 0.121 e. The lowest BCUT2D eigenvalue weighted by atomic mass is 10.3. The Kier molecular flexibility index (Phi) is 2.69. The molecule has 1 aromatic carbocycles. The monoisotopic (exact) mass is 279 g/mol. The van der Waals surface area contributed by atoms with Gasteiger partial charge in [-0.25, -0.2) is 4.98 Å². The fourth-order valence-electron chi connectivity index (χ4n) is 2.26. The van der Waals surface area contributed by atoms with E-state index in [9.17, 15) is 0 Å². The van der Waals surface area contributed by atoms with E-state index in [1.807, 2.05) is 12.1 Å². The van der Waals surface area contributed by atoms with Crippen LogP contribution in [0.5, 0.6) is 0 Å². The van der Waals surface area contributed by atoms with E-state index in [0.29, 0.717) is 0 Å². The molecule has 2 heterocycles. The fourth-order valence-corrected chi connectivity index (χ4v) is 2.62. The predicted molar refractivity (Wildman–Crippen MR) is 68.3 cm³/mol. The summed E-state index contributed by atoms with van der Waals surface area (Å²) in [6.07, 6.45) is 2.65. The highest BCUT2D eigenvalue weighted by Gasteiger charge is 2.13. The van der Waals surface area contributed by atoms with E-state index < -0.39 is 0 Å². The fraction of sp³-hybridized carbons (Fsp3) is 0.417. The summed E-state index contributed by atoms with van der Waals surface area (Å²) in [5, 5.41) is 0. The van der Waals surface area contributed by atoms with Crippen molar-refractivity contribution >= 4 is 27.0 Å². The van der Waals surface area contributed by atoms with Crippen molar-refractivity contribution in [2.45, 2.75) is 19.4 Å². The summed E-state index contributed by atoms with van der Waals surface area (Å²) in [5.41, 5.74) is 2.17. The number of hydrogen-bond donors (Lipinski definition) is 1. The third kappa shape index (κ3) is 1.99. The van der Waals surface area contributed by atoms with E-state index in [0.717, 1.165) is 27.9 Å². The quantitative estimate of drug-likeness (QED) is 0.917. The molecule has 3 rings (SSSR count). The van der Waals surface area contributed by atoms with E-state index >= 15 is 0 Å². The summed E-state index contributed by atoms with van der Waals surface area (Å²) in [7, 11) is 0. The molecular weight excluding hydrogens is 266 g/mol. The molecule has 0 saturated carbocycles. The Morgan fingerprint density at radius 1 is 1.31 bits per heavy atom. The summed E-state index contributed by atoms with van der Waals surface area (Å²) < 4.78 is 1.09. The SMILES string of the molecule is Brc1ccc2nc(CN3CCCC3)[nH]c2c1. The minimum Gasteiger partial charge on any atom is -0.341 e. The average Bonchev–Trinajstić information content (AvgIpc) is 2.86. The molecule has 2 aromatic rings. The molecule has 0 spiro atoms. The second kappa shape index (κ2) is 4.18. The average molecular weight is 280 g/mol. The molecular formula is C12H14BrN3. The predicted octanol–water partition coefficient (Wildman–Crippen LogP) is 2.92. The van der Waals surface area contributed by atoms with Crippen LogP contribution in [0.4, 0.5) is 0 Å². The maximum absolute atomic E-state index is 4.60. The van der Waals surface area contributed by atoms with E-state index in [1.165, 1.54) is 25.9 Å². The number of halogens is 1. The van der Waals surface area contributed by atoms with Crippen LogP contribution in [-0.2, 0) is 6.54 Å². The molecule has 84 valence electrons. The zero-order valence-electron chi connectivity index (χ0n) is 9.04. The van der Waals surface area contributed by atoms with Gasteiger partial charge in [0.25, 0.3) is 0 Å². The summed E-state index contributed by atoms with van der Waals surface area (Å²) in [6, 6.07) is 6.15. The molecule has 0 bridgehead atoms. The molecule has 1 saturated heterocycles. The van der Waals surface area contributed by atoms with Crippen molar-refractivity contribution < 1.29 is 0 Å². The Morgan fingerprint density at radius 2 is 2.12 bits per heavy atom. The van der Waals surface area contributed by atoms with Crippen molar-refractivity contribution in [3.63, 3.8) is 0 Å². The number of nitrogens with zero attached hydrogens (tertiary/aromatic N) is 2. The third-order valence-electron chi connectivity index (χ3n) is 3.07.